The highest BCUT2D eigenvalue weighted by molar-refractivity contribution is 6.00. The maximum absolute atomic E-state index is 12.3. The second kappa shape index (κ2) is 7.99. The number of nitrogen functional groups attached to an aromatic ring is 1. The second-order valence-corrected chi connectivity index (χ2v) is 7.39. The summed E-state index contributed by atoms with van der Waals surface area (Å²) < 4.78 is 5.52. The summed E-state index contributed by atoms with van der Waals surface area (Å²) in [7, 11) is 0. The number of fused-ring (bicyclic) bond motifs is 1. The van der Waals surface area contributed by atoms with Gasteiger partial charge in [0.25, 0.3) is 0 Å². The summed E-state index contributed by atoms with van der Waals surface area (Å²) in [6.07, 6.45) is 4.91. The van der Waals surface area contributed by atoms with Crippen molar-refractivity contribution in [2.75, 3.05) is 17.7 Å². The summed E-state index contributed by atoms with van der Waals surface area (Å²) in [4.78, 5) is 21.0. The Balaban J connectivity index is 1.69. The molecule has 1 aliphatic rings. The number of nitrogens with zero attached hydrogens (tertiary/aromatic N) is 3. The van der Waals surface area contributed by atoms with Crippen molar-refractivity contribution >= 4 is 28.2 Å². The van der Waals surface area contributed by atoms with Crippen LogP contribution in [0.15, 0.2) is 36.7 Å². The van der Waals surface area contributed by atoms with Crippen LogP contribution in [0.3, 0.4) is 0 Å². The van der Waals surface area contributed by atoms with Crippen LogP contribution in [0, 0.1) is 23.2 Å². The lowest BCUT2D eigenvalue weighted by atomic mass is 9.97. The molecule has 1 fully saturated rings. The highest BCUT2D eigenvalue weighted by atomic mass is 16.5. The molecule has 7 heteroatoms. The summed E-state index contributed by atoms with van der Waals surface area (Å²) in [5, 5.41) is 13.4. The maximum atomic E-state index is 12.3. The van der Waals surface area contributed by atoms with Crippen LogP contribution >= 0.6 is 0 Å². The number of aromatic nitrogens is 2. The summed E-state index contributed by atoms with van der Waals surface area (Å²) in [6, 6.07) is 9.84. The van der Waals surface area contributed by atoms with Crippen LogP contribution in [-0.2, 0) is 11.2 Å². The number of nitrogens with two attached hydrogens (primary N) is 1. The van der Waals surface area contributed by atoms with Crippen LogP contribution in [0.2, 0.25) is 0 Å². The fourth-order valence-corrected chi connectivity index (χ4v) is 3.61. The molecular formula is C23H23N5O2. The first-order valence-corrected chi connectivity index (χ1v) is 10.1. The number of carbonyl (C=O) groups is 1. The molecule has 2 heterocycles. The topological polar surface area (TPSA) is 114 Å². The van der Waals surface area contributed by atoms with Gasteiger partial charge in [0.1, 0.15) is 5.82 Å². The van der Waals surface area contributed by atoms with Crippen molar-refractivity contribution < 1.29 is 9.53 Å². The van der Waals surface area contributed by atoms with E-state index in [4.69, 9.17) is 15.7 Å². The van der Waals surface area contributed by atoms with Crippen LogP contribution in [0.1, 0.15) is 25.8 Å². The molecule has 1 amide bonds. The average Bonchev–Trinajstić information content (AvgIpc) is 3.54. The Morgan fingerprint density at radius 1 is 1.27 bits per heavy atom. The minimum Gasteiger partial charge on any atom is -0.478 e. The average molecular weight is 401 g/mol. The Morgan fingerprint density at radius 3 is 2.80 bits per heavy atom. The van der Waals surface area contributed by atoms with E-state index in [1.807, 2.05) is 37.4 Å². The molecule has 3 N–H and O–H groups in total. The van der Waals surface area contributed by atoms with Crippen molar-refractivity contribution in [3.8, 4) is 23.1 Å². The number of hydrogen-bond acceptors (Lipinski definition) is 6. The molecule has 1 saturated carbocycles. The molecule has 2 aromatic heterocycles. The van der Waals surface area contributed by atoms with Crippen LogP contribution in [-0.4, -0.2) is 22.5 Å². The lowest BCUT2D eigenvalue weighted by molar-refractivity contribution is -0.117. The van der Waals surface area contributed by atoms with Crippen molar-refractivity contribution in [2.45, 2.75) is 26.7 Å². The molecule has 0 bridgehead atoms. The third-order valence-electron chi connectivity index (χ3n) is 5.36. The SMILES string of the molecule is CCOc1cc(CC)c(-c2cc(N)c3cnc(NC(=O)C4CC4C#N)cc3c2)cn1. The maximum Gasteiger partial charge on any atom is 0.230 e. The number of anilines is 2. The first kappa shape index (κ1) is 19.6. The molecule has 7 nitrogen and oxygen atoms in total. The van der Waals surface area contributed by atoms with E-state index in [1.54, 1.807) is 6.20 Å². The Labute approximate surface area is 174 Å². The van der Waals surface area contributed by atoms with Gasteiger partial charge >= 0.3 is 0 Å². The fraction of sp³-hybridized carbons (Fsp3) is 0.304. The lowest BCUT2D eigenvalue weighted by Crippen LogP contribution is -2.15. The Kier molecular flexibility index (Phi) is 5.23. The van der Waals surface area contributed by atoms with Gasteiger partial charge in [-0.15, -0.1) is 0 Å². The smallest absolute Gasteiger partial charge is 0.230 e. The van der Waals surface area contributed by atoms with Gasteiger partial charge in [-0.3, -0.25) is 4.79 Å². The van der Waals surface area contributed by atoms with Crippen molar-refractivity contribution in [3.63, 3.8) is 0 Å². The molecule has 0 saturated heterocycles. The van der Waals surface area contributed by atoms with Gasteiger partial charge in [-0.1, -0.05) is 6.92 Å². The molecule has 152 valence electrons. The van der Waals surface area contributed by atoms with Crippen molar-refractivity contribution in [1.29, 1.82) is 5.26 Å². The number of amides is 1. The third-order valence-corrected chi connectivity index (χ3v) is 5.36. The largest absolute Gasteiger partial charge is 0.478 e. The number of benzene rings is 1. The van der Waals surface area contributed by atoms with Gasteiger partial charge in [0, 0.05) is 35.1 Å². The van der Waals surface area contributed by atoms with E-state index < -0.39 is 0 Å². The number of nitriles is 1. The first-order valence-electron chi connectivity index (χ1n) is 10.1. The number of nitrogens with one attached hydrogen (secondary N) is 1. The number of hydrogen-bond donors (Lipinski definition) is 2. The van der Waals surface area contributed by atoms with Gasteiger partial charge in [-0.25, -0.2) is 9.97 Å². The predicted molar refractivity (Wildman–Crippen MR) is 116 cm³/mol. The number of carbonyl (C=O) groups excluding carboxylic acids is 1. The van der Waals surface area contributed by atoms with Crippen LogP contribution < -0.4 is 15.8 Å². The molecular weight excluding hydrogens is 378 g/mol. The molecule has 1 aromatic carbocycles. The fourth-order valence-electron chi connectivity index (χ4n) is 3.61. The zero-order chi connectivity index (χ0) is 21.3. The molecule has 30 heavy (non-hydrogen) atoms. The van der Waals surface area contributed by atoms with Gasteiger partial charge in [0.2, 0.25) is 11.8 Å². The monoisotopic (exact) mass is 401 g/mol. The van der Waals surface area contributed by atoms with E-state index in [9.17, 15) is 4.79 Å². The van der Waals surface area contributed by atoms with E-state index in [-0.39, 0.29) is 17.7 Å². The van der Waals surface area contributed by atoms with Crippen molar-refractivity contribution in [1.82, 2.24) is 9.97 Å². The van der Waals surface area contributed by atoms with Gasteiger partial charge in [0.15, 0.2) is 0 Å². The van der Waals surface area contributed by atoms with Crippen molar-refractivity contribution in [3.05, 3.63) is 42.2 Å². The first-order chi connectivity index (χ1) is 14.5. The summed E-state index contributed by atoms with van der Waals surface area (Å²) in [5.41, 5.74) is 9.96. The van der Waals surface area contributed by atoms with E-state index in [1.165, 1.54) is 0 Å². The molecule has 2 atom stereocenters. The highest BCUT2D eigenvalue weighted by Gasteiger charge is 2.43. The quantitative estimate of drug-likeness (QED) is 0.605. The van der Waals surface area contributed by atoms with Crippen molar-refractivity contribution in [2.24, 2.45) is 11.8 Å². The molecule has 4 rings (SSSR count). The van der Waals surface area contributed by atoms with E-state index in [0.29, 0.717) is 30.4 Å². The van der Waals surface area contributed by atoms with Crippen LogP contribution in [0.4, 0.5) is 11.5 Å². The van der Waals surface area contributed by atoms with Crippen LogP contribution in [0.5, 0.6) is 5.88 Å². The Hall–Kier alpha value is -3.66. The van der Waals surface area contributed by atoms with E-state index in [2.05, 4.69) is 28.3 Å². The second-order valence-electron chi connectivity index (χ2n) is 7.39. The van der Waals surface area contributed by atoms with Gasteiger partial charge in [0.05, 0.1) is 24.5 Å². The third kappa shape index (κ3) is 3.77. The van der Waals surface area contributed by atoms with Crippen LogP contribution in [0.25, 0.3) is 21.9 Å². The minimum atomic E-state index is -0.244. The summed E-state index contributed by atoms with van der Waals surface area (Å²) in [6.45, 7) is 4.58. The standard InChI is InChI=1S/C23H23N5O2/c1-3-13-9-22(30-4-2)27-11-18(13)14-5-15-8-21(26-12-19(15)20(25)7-14)28-23(29)17-6-16(17)10-24/h5,7-9,11-12,16-17H,3-4,6,25H2,1-2H3,(H,26,28,29). The molecule has 1 aliphatic carbocycles. The molecule has 3 aromatic rings. The number of ether oxygens (including phenoxy) is 1. The minimum absolute atomic E-state index is 0.165. The van der Waals surface area contributed by atoms with Gasteiger partial charge in [-0.05, 0) is 54.5 Å². The number of rotatable bonds is 6. The molecule has 0 spiro atoms. The zero-order valence-corrected chi connectivity index (χ0v) is 17.0. The lowest BCUT2D eigenvalue weighted by Gasteiger charge is -2.13. The summed E-state index contributed by atoms with van der Waals surface area (Å²) >= 11 is 0. The van der Waals surface area contributed by atoms with Gasteiger partial charge < -0.3 is 15.8 Å². The molecule has 2 unspecified atom stereocenters. The molecule has 0 radical (unpaired) electrons. The summed E-state index contributed by atoms with van der Waals surface area (Å²) in [5.74, 6) is 0.463. The van der Waals surface area contributed by atoms with E-state index >= 15 is 0 Å². The van der Waals surface area contributed by atoms with Gasteiger partial charge in [-0.2, -0.15) is 5.26 Å². The number of aryl methyl sites for hydroxylation is 1. The normalized spacial score (nSPS) is 17.4. The Morgan fingerprint density at radius 2 is 2.10 bits per heavy atom. The predicted octanol–water partition coefficient (Wildman–Crippen LogP) is 3.94. The van der Waals surface area contributed by atoms with E-state index in [0.717, 1.165) is 33.9 Å². The number of pyridine rings is 2. The molecule has 0 aliphatic heterocycles. The Bertz CT molecular complexity index is 1170. The zero-order valence-electron chi connectivity index (χ0n) is 17.0. The highest BCUT2D eigenvalue weighted by Crippen LogP contribution is 2.38.